The van der Waals surface area contributed by atoms with E-state index >= 15 is 0 Å². The average molecular weight is 158 g/mol. The topological polar surface area (TPSA) is 26.3 Å². The zero-order valence-electron chi connectivity index (χ0n) is 7.89. The number of cyclic esters (lactones) is 1. The summed E-state index contributed by atoms with van der Waals surface area (Å²) in [5.41, 5.74) is 0. The first kappa shape index (κ1) is 10.5. The average Bonchev–Trinajstić information content (AvgIpc) is 2.36. The van der Waals surface area contributed by atoms with Crippen molar-refractivity contribution in [2.45, 2.75) is 46.6 Å². The van der Waals surface area contributed by atoms with Crippen molar-refractivity contribution >= 4 is 5.97 Å². The zero-order chi connectivity index (χ0) is 8.85. The highest BCUT2D eigenvalue weighted by molar-refractivity contribution is 5.74. The van der Waals surface area contributed by atoms with Gasteiger partial charge in [0.25, 0.3) is 0 Å². The monoisotopic (exact) mass is 158 g/mol. The van der Waals surface area contributed by atoms with Gasteiger partial charge in [-0.2, -0.15) is 0 Å². The second kappa shape index (κ2) is 5.16. The van der Waals surface area contributed by atoms with Crippen LogP contribution in [0.5, 0.6) is 0 Å². The van der Waals surface area contributed by atoms with Crippen molar-refractivity contribution in [3.63, 3.8) is 0 Å². The summed E-state index contributed by atoms with van der Waals surface area (Å²) in [5.74, 6) is 0.108. The second-order valence-electron chi connectivity index (χ2n) is 2.60. The van der Waals surface area contributed by atoms with Gasteiger partial charge in [-0.15, -0.1) is 0 Å². The van der Waals surface area contributed by atoms with E-state index < -0.39 is 0 Å². The lowest BCUT2D eigenvalue weighted by Crippen LogP contribution is -2.04. The fraction of sp³-hybridized carbons (Fsp3) is 0.889. The molecule has 2 atom stereocenters. The number of hydrogen-bond donors (Lipinski definition) is 0. The molecule has 0 aromatic heterocycles. The number of carbonyl (C=O) groups is 1. The van der Waals surface area contributed by atoms with E-state index in [1.807, 2.05) is 27.7 Å². The van der Waals surface area contributed by atoms with Crippen LogP contribution in [0.4, 0.5) is 0 Å². The Kier molecular flexibility index (Phi) is 4.92. The Balaban J connectivity index is 0.000000461. The minimum absolute atomic E-state index is 0.0261. The molecule has 0 aromatic rings. The first-order valence-corrected chi connectivity index (χ1v) is 4.44. The summed E-state index contributed by atoms with van der Waals surface area (Å²) in [6, 6.07) is 0. The summed E-state index contributed by atoms with van der Waals surface area (Å²) in [6.45, 7) is 7.95. The van der Waals surface area contributed by atoms with Gasteiger partial charge in [0, 0.05) is 0 Å². The van der Waals surface area contributed by atoms with Crippen molar-refractivity contribution < 1.29 is 9.53 Å². The van der Waals surface area contributed by atoms with Crippen LogP contribution >= 0.6 is 0 Å². The van der Waals surface area contributed by atoms with Crippen molar-refractivity contribution in [1.82, 2.24) is 0 Å². The van der Waals surface area contributed by atoms with Crippen LogP contribution in [-0.4, -0.2) is 12.1 Å². The minimum Gasteiger partial charge on any atom is -0.462 e. The Morgan fingerprint density at radius 1 is 1.55 bits per heavy atom. The predicted octanol–water partition coefficient (Wildman–Crippen LogP) is 2.37. The molecule has 1 saturated heterocycles. The van der Waals surface area contributed by atoms with Crippen LogP contribution in [0, 0.1) is 5.92 Å². The van der Waals surface area contributed by atoms with Gasteiger partial charge in [0.1, 0.15) is 6.10 Å². The van der Waals surface area contributed by atoms with Gasteiger partial charge in [0.15, 0.2) is 0 Å². The van der Waals surface area contributed by atoms with Crippen molar-refractivity contribution in [1.29, 1.82) is 0 Å². The lowest BCUT2D eigenvalue weighted by atomic mass is 10.1. The Morgan fingerprint density at radius 2 is 2.09 bits per heavy atom. The molecule has 66 valence electrons. The standard InChI is InChI=1S/C7H12O2.C2H6/c1-3-6-4-5(2)7(8)9-6;1-2/h5-6H,3-4H2,1-2H3;1-2H3. The van der Waals surface area contributed by atoms with Crippen LogP contribution in [0.3, 0.4) is 0 Å². The molecule has 0 radical (unpaired) electrons. The molecule has 1 aliphatic rings. The second-order valence-corrected chi connectivity index (χ2v) is 2.60. The lowest BCUT2D eigenvalue weighted by molar-refractivity contribution is -0.143. The van der Waals surface area contributed by atoms with E-state index in [-0.39, 0.29) is 18.0 Å². The third-order valence-electron chi connectivity index (χ3n) is 1.76. The quantitative estimate of drug-likeness (QED) is 0.548. The molecule has 2 heteroatoms. The summed E-state index contributed by atoms with van der Waals surface area (Å²) in [5, 5.41) is 0. The summed E-state index contributed by atoms with van der Waals surface area (Å²) in [7, 11) is 0. The maximum Gasteiger partial charge on any atom is 0.309 e. The molecule has 0 amide bonds. The van der Waals surface area contributed by atoms with Crippen LogP contribution in [0.25, 0.3) is 0 Å². The van der Waals surface area contributed by atoms with Crippen LogP contribution in [0.2, 0.25) is 0 Å². The SMILES string of the molecule is CC.CCC1CC(C)C(=O)O1. The largest absolute Gasteiger partial charge is 0.462 e. The fourth-order valence-electron chi connectivity index (χ4n) is 1.07. The molecule has 0 bridgehead atoms. The van der Waals surface area contributed by atoms with Gasteiger partial charge in [0.2, 0.25) is 0 Å². The first-order chi connectivity index (χ1) is 5.24. The van der Waals surface area contributed by atoms with Gasteiger partial charge in [-0.25, -0.2) is 0 Å². The molecule has 1 fully saturated rings. The molecule has 1 heterocycles. The fourth-order valence-corrected chi connectivity index (χ4v) is 1.07. The van der Waals surface area contributed by atoms with E-state index in [1.165, 1.54) is 0 Å². The lowest BCUT2D eigenvalue weighted by Gasteiger charge is -2.01. The summed E-state index contributed by atoms with van der Waals surface area (Å²) < 4.78 is 4.98. The number of ether oxygens (including phenoxy) is 1. The van der Waals surface area contributed by atoms with Gasteiger partial charge >= 0.3 is 5.97 Å². The van der Waals surface area contributed by atoms with Crippen molar-refractivity contribution in [3.05, 3.63) is 0 Å². The summed E-state index contributed by atoms with van der Waals surface area (Å²) >= 11 is 0. The van der Waals surface area contributed by atoms with E-state index in [0.29, 0.717) is 0 Å². The van der Waals surface area contributed by atoms with Crippen LogP contribution in [-0.2, 0) is 9.53 Å². The number of esters is 1. The number of hydrogen-bond acceptors (Lipinski definition) is 2. The maximum absolute atomic E-state index is 10.7. The Bertz CT molecular complexity index is 121. The normalized spacial score (nSPS) is 28.9. The predicted molar refractivity (Wildman–Crippen MR) is 45.3 cm³/mol. The van der Waals surface area contributed by atoms with E-state index in [2.05, 4.69) is 0 Å². The molecule has 11 heavy (non-hydrogen) atoms. The number of rotatable bonds is 1. The van der Waals surface area contributed by atoms with Gasteiger partial charge in [-0.3, -0.25) is 4.79 Å². The maximum atomic E-state index is 10.7. The molecule has 0 aliphatic carbocycles. The highest BCUT2D eigenvalue weighted by Gasteiger charge is 2.29. The molecule has 0 aromatic carbocycles. The minimum atomic E-state index is -0.0261. The van der Waals surface area contributed by atoms with E-state index in [0.717, 1.165) is 12.8 Å². The van der Waals surface area contributed by atoms with Crippen LogP contribution < -0.4 is 0 Å². The molecule has 2 nitrogen and oxygen atoms in total. The Hall–Kier alpha value is -0.530. The number of carbonyl (C=O) groups excluding carboxylic acids is 1. The zero-order valence-corrected chi connectivity index (χ0v) is 7.89. The molecule has 0 saturated carbocycles. The Morgan fingerprint density at radius 3 is 2.27 bits per heavy atom. The van der Waals surface area contributed by atoms with Crippen LogP contribution in [0.15, 0.2) is 0 Å². The molecular formula is C9H18O2. The van der Waals surface area contributed by atoms with Crippen molar-refractivity contribution in [2.75, 3.05) is 0 Å². The highest BCUT2D eigenvalue weighted by Crippen LogP contribution is 2.21. The van der Waals surface area contributed by atoms with E-state index in [1.54, 1.807) is 0 Å². The van der Waals surface area contributed by atoms with Gasteiger partial charge < -0.3 is 4.74 Å². The smallest absolute Gasteiger partial charge is 0.309 e. The summed E-state index contributed by atoms with van der Waals surface area (Å²) in [6.07, 6.45) is 2.07. The third kappa shape index (κ3) is 2.91. The molecule has 2 unspecified atom stereocenters. The summed E-state index contributed by atoms with van der Waals surface area (Å²) in [4.78, 5) is 10.7. The van der Waals surface area contributed by atoms with Gasteiger partial charge in [-0.05, 0) is 12.8 Å². The molecule has 1 aliphatic heterocycles. The van der Waals surface area contributed by atoms with E-state index in [4.69, 9.17) is 4.74 Å². The third-order valence-corrected chi connectivity index (χ3v) is 1.76. The van der Waals surface area contributed by atoms with E-state index in [9.17, 15) is 4.79 Å². The van der Waals surface area contributed by atoms with Crippen LogP contribution in [0.1, 0.15) is 40.5 Å². The highest BCUT2D eigenvalue weighted by atomic mass is 16.5. The van der Waals surface area contributed by atoms with Crippen molar-refractivity contribution in [2.24, 2.45) is 5.92 Å². The first-order valence-electron chi connectivity index (χ1n) is 4.44. The molecule has 0 N–H and O–H groups in total. The molecule has 0 spiro atoms. The molecule has 1 rings (SSSR count). The van der Waals surface area contributed by atoms with Gasteiger partial charge in [0.05, 0.1) is 5.92 Å². The molecular weight excluding hydrogens is 140 g/mol. The Labute approximate surface area is 68.9 Å². The van der Waals surface area contributed by atoms with Gasteiger partial charge in [-0.1, -0.05) is 27.7 Å². The van der Waals surface area contributed by atoms with Crippen molar-refractivity contribution in [3.8, 4) is 0 Å².